The van der Waals surface area contributed by atoms with Crippen LogP contribution in [0.2, 0.25) is 0 Å². The number of ether oxygens (including phenoxy) is 1. The molecule has 2 heterocycles. The smallest absolute Gasteiger partial charge is 0.262 e. The van der Waals surface area contributed by atoms with Gasteiger partial charge in [-0.3, -0.25) is 4.79 Å². The Morgan fingerprint density at radius 2 is 2.00 bits per heavy atom. The highest BCUT2D eigenvalue weighted by molar-refractivity contribution is 5.83. The molecule has 0 radical (unpaired) electrons. The Labute approximate surface area is 146 Å². The summed E-state index contributed by atoms with van der Waals surface area (Å²) in [7, 11) is 3.65. The summed E-state index contributed by atoms with van der Waals surface area (Å²) in [6.45, 7) is 1.10. The van der Waals surface area contributed by atoms with Crippen LogP contribution in [-0.4, -0.2) is 35.2 Å². The first kappa shape index (κ1) is 15.5. The van der Waals surface area contributed by atoms with E-state index >= 15 is 0 Å². The van der Waals surface area contributed by atoms with Crippen LogP contribution >= 0.6 is 0 Å². The fourth-order valence-corrected chi connectivity index (χ4v) is 3.26. The minimum Gasteiger partial charge on any atom is -0.477 e. The number of likely N-dealkylation sites (N-methyl/N-ethyl adjacent to an activating group) is 1. The number of carbonyl (C=O) groups excluding carboxylic acids is 1. The molecule has 0 spiro atoms. The number of benzene rings is 2. The molecule has 6 heteroatoms. The molecule has 0 saturated heterocycles. The Kier molecular flexibility index (Phi) is 3.80. The zero-order valence-corrected chi connectivity index (χ0v) is 14.3. The number of aromatic nitrogens is 2. The van der Waals surface area contributed by atoms with Gasteiger partial charge in [0.15, 0.2) is 6.10 Å². The van der Waals surface area contributed by atoms with E-state index in [0.29, 0.717) is 13.1 Å². The molecule has 4 rings (SSSR count). The molecule has 1 aromatic heterocycles. The number of hydrogen-bond acceptors (Lipinski definition) is 4. The summed E-state index contributed by atoms with van der Waals surface area (Å²) in [5.41, 5.74) is 3.06. The van der Waals surface area contributed by atoms with Crippen molar-refractivity contribution in [2.75, 3.05) is 18.5 Å². The third-order valence-electron chi connectivity index (χ3n) is 4.61. The molecule has 2 aromatic carbocycles. The number of aryl methyl sites for hydroxylation is 1. The molecule has 0 saturated carbocycles. The van der Waals surface area contributed by atoms with E-state index < -0.39 is 6.10 Å². The van der Waals surface area contributed by atoms with Crippen molar-refractivity contribution < 1.29 is 9.53 Å². The SMILES string of the molecule is CNC(=O)[C@@H]1CN(Cc2nc3ccccc3n2C)c2ccccc2O1. The summed E-state index contributed by atoms with van der Waals surface area (Å²) in [6.07, 6.45) is -0.533. The number of hydrogen-bond donors (Lipinski definition) is 1. The largest absolute Gasteiger partial charge is 0.477 e. The molecule has 0 bridgehead atoms. The highest BCUT2D eigenvalue weighted by Gasteiger charge is 2.30. The molecule has 6 nitrogen and oxygen atoms in total. The van der Waals surface area contributed by atoms with E-state index in [1.165, 1.54) is 0 Å². The number of nitrogens with one attached hydrogen (secondary N) is 1. The Morgan fingerprint density at radius 3 is 2.80 bits per heavy atom. The van der Waals surface area contributed by atoms with Crippen molar-refractivity contribution in [3.05, 3.63) is 54.4 Å². The first-order valence-corrected chi connectivity index (χ1v) is 8.30. The van der Waals surface area contributed by atoms with Gasteiger partial charge in [0.25, 0.3) is 5.91 Å². The predicted molar refractivity (Wildman–Crippen MR) is 96.7 cm³/mol. The number of rotatable bonds is 3. The molecule has 1 N–H and O–H groups in total. The van der Waals surface area contributed by atoms with Crippen LogP contribution in [0.4, 0.5) is 5.69 Å². The molecular weight excluding hydrogens is 316 g/mol. The van der Waals surface area contributed by atoms with Crippen LogP contribution in [0.25, 0.3) is 11.0 Å². The molecule has 1 amide bonds. The zero-order valence-electron chi connectivity index (χ0n) is 14.3. The maximum absolute atomic E-state index is 12.1. The molecule has 0 aliphatic carbocycles. The van der Waals surface area contributed by atoms with Crippen LogP contribution in [0.1, 0.15) is 5.82 Å². The van der Waals surface area contributed by atoms with E-state index in [4.69, 9.17) is 9.72 Å². The van der Waals surface area contributed by atoms with Crippen LogP contribution in [-0.2, 0) is 18.4 Å². The molecule has 0 unspecified atom stereocenters. The molecule has 25 heavy (non-hydrogen) atoms. The van der Waals surface area contributed by atoms with Crippen molar-refractivity contribution in [3.8, 4) is 5.75 Å². The number of imidazole rings is 1. The Morgan fingerprint density at radius 1 is 1.24 bits per heavy atom. The number of fused-ring (bicyclic) bond motifs is 2. The Hall–Kier alpha value is -3.02. The van der Waals surface area contributed by atoms with Gasteiger partial charge in [-0.2, -0.15) is 0 Å². The maximum atomic E-state index is 12.1. The highest BCUT2D eigenvalue weighted by atomic mass is 16.5. The van der Waals surface area contributed by atoms with Gasteiger partial charge >= 0.3 is 0 Å². The third-order valence-corrected chi connectivity index (χ3v) is 4.61. The van der Waals surface area contributed by atoms with Crippen molar-refractivity contribution >= 4 is 22.6 Å². The summed E-state index contributed by atoms with van der Waals surface area (Å²) < 4.78 is 7.96. The summed E-state index contributed by atoms with van der Waals surface area (Å²) in [6, 6.07) is 15.9. The molecule has 1 aliphatic heterocycles. The van der Waals surface area contributed by atoms with Crippen LogP contribution in [0.15, 0.2) is 48.5 Å². The van der Waals surface area contributed by atoms with Crippen molar-refractivity contribution in [1.82, 2.24) is 14.9 Å². The van der Waals surface area contributed by atoms with Gasteiger partial charge in [0.2, 0.25) is 0 Å². The first-order chi connectivity index (χ1) is 12.2. The summed E-state index contributed by atoms with van der Waals surface area (Å²) >= 11 is 0. The summed E-state index contributed by atoms with van der Waals surface area (Å²) in [4.78, 5) is 19.0. The second-order valence-electron chi connectivity index (χ2n) is 6.14. The fraction of sp³-hybridized carbons (Fsp3) is 0.263. The predicted octanol–water partition coefficient (Wildman–Crippen LogP) is 2.09. The minimum atomic E-state index is -0.533. The van der Waals surface area contributed by atoms with E-state index in [1.807, 2.05) is 49.5 Å². The molecular formula is C19H20N4O2. The topological polar surface area (TPSA) is 59.4 Å². The number of carbonyl (C=O) groups is 1. The number of amides is 1. The van der Waals surface area contributed by atoms with Gasteiger partial charge in [-0.1, -0.05) is 24.3 Å². The lowest BCUT2D eigenvalue weighted by Crippen LogP contribution is -2.48. The van der Waals surface area contributed by atoms with E-state index in [1.54, 1.807) is 7.05 Å². The fourth-order valence-electron chi connectivity index (χ4n) is 3.26. The lowest BCUT2D eigenvalue weighted by Gasteiger charge is -2.35. The van der Waals surface area contributed by atoms with Crippen LogP contribution in [0, 0.1) is 0 Å². The van der Waals surface area contributed by atoms with Gasteiger partial charge in [-0.05, 0) is 24.3 Å². The van der Waals surface area contributed by atoms with Crippen molar-refractivity contribution in [2.45, 2.75) is 12.6 Å². The van der Waals surface area contributed by atoms with Gasteiger partial charge in [0.05, 0.1) is 29.8 Å². The Balaban J connectivity index is 1.70. The molecule has 1 atom stereocenters. The first-order valence-electron chi connectivity index (χ1n) is 8.30. The van der Waals surface area contributed by atoms with Crippen molar-refractivity contribution in [1.29, 1.82) is 0 Å². The van der Waals surface area contributed by atoms with Crippen LogP contribution in [0.3, 0.4) is 0 Å². The van der Waals surface area contributed by atoms with Crippen LogP contribution in [0.5, 0.6) is 5.75 Å². The lowest BCUT2D eigenvalue weighted by atomic mass is 10.1. The quantitative estimate of drug-likeness (QED) is 0.796. The minimum absolute atomic E-state index is 0.121. The van der Waals surface area contributed by atoms with E-state index in [-0.39, 0.29) is 5.91 Å². The standard InChI is InChI=1S/C19H20N4O2/c1-20-19(24)17-11-23(15-9-5-6-10-16(15)25-17)12-18-21-13-7-3-4-8-14(13)22(18)2/h3-10,17H,11-12H2,1-2H3,(H,20,24)/t17-/m0/s1. The van der Waals surface area contributed by atoms with E-state index in [9.17, 15) is 4.79 Å². The van der Waals surface area contributed by atoms with Crippen molar-refractivity contribution in [3.63, 3.8) is 0 Å². The molecule has 3 aromatic rings. The number of nitrogens with zero attached hydrogens (tertiary/aromatic N) is 3. The molecule has 0 fully saturated rings. The lowest BCUT2D eigenvalue weighted by molar-refractivity contribution is -0.127. The molecule has 128 valence electrons. The van der Waals surface area contributed by atoms with E-state index in [0.717, 1.165) is 28.3 Å². The maximum Gasteiger partial charge on any atom is 0.262 e. The van der Waals surface area contributed by atoms with Gasteiger partial charge in [-0.15, -0.1) is 0 Å². The molecule has 1 aliphatic rings. The monoisotopic (exact) mass is 336 g/mol. The summed E-state index contributed by atoms with van der Waals surface area (Å²) in [5.74, 6) is 1.55. The Bertz CT molecular complexity index is 934. The average molecular weight is 336 g/mol. The average Bonchev–Trinajstić information content (AvgIpc) is 2.97. The van der Waals surface area contributed by atoms with Gasteiger partial charge in [-0.25, -0.2) is 4.98 Å². The summed E-state index contributed by atoms with van der Waals surface area (Å²) in [5, 5.41) is 2.67. The van der Waals surface area contributed by atoms with Gasteiger partial charge < -0.3 is 19.5 Å². The highest BCUT2D eigenvalue weighted by Crippen LogP contribution is 2.34. The second-order valence-corrected chi connectivity index (χ2v) is 6.14. The van der Waals surface area contributed by atoms with E-state index in [2.05, 4.69) is 20.9 Å². The van der Waals surface area contributed by atoms with Crippen LogP contribution < -0.4 is 15.0 Å². The van der Waals surface area contributed by atoms with Gasteiger partial charge in [0.1, 0.15) is 11.6 Å². The van der Waals surface area contributed by atoms with Crippen molar-refractivity contribution in [2.24, 2.45) is 7.05 Å². The van der Waals surface area contributed by atoms with Gasteiger partial charge in [0, 0.05) is 14.1 Å². The second kappa shape index (κ2) is 6.12. The number of para-hydroxylation sites is 4. The number of anilines is 1. The zero-order chi connectivity index (χ0) is 17.4. The third kappa shape index (κ3) is 2.69. The normalized spacial score (nSPS) is 16.4.